The summed E-state index contributed by atoms with van der Waals surface area (Å²) in [6, 6.07) is 5.28. The Balaban J connectivity index is 2.45. The van der Waals surface area contributed by atoms with Gasteiger partial charge in [0.2, 0.25) is 5.91 Å². The first-order chi connectivity index (χ1) is 10.3. The number of hydrogen-bond acceptors (Lipinski definition) is 2. The molecule has 0 aromatic heterocycles. The summed E-state index contributed by atoms with van der Waals surface area (Å²) in [4.78, 5) is 12.0. The van der Waals surface area contributed by atoms with Crippen molar-refractivity contribution in [1.82, 2.24) is 0 Å². The van der Waals surface area contributed by atoms with Gasteiger partial charge in [-0.1, -0.05) is 59.8 Å². The number of aromatic hydroxyl groups is 1. The molecule has 0 bridgehead atoms. The fourth-order valence-electron chi connectivity index (χ4n) is 2.50. The summed E-state index contributed by atoms with van der Waals surface area (Å²) in [7, 11) is 0. The first-order valence-electron chi connectivity index (χ1n) is 8.48. The van der Waals surface area contributed by atoms with Gasteiger partial charge in [-0.15, -0.1) is 0 Å². The van der Waals surface area contributed by atoms with Crippen LogP contribution in [0.5, 0.6) is 5.75 Å². The molecule has 1 aromatic carbocycles. The zero-order valence-electron chi connectivity index (χ0n) is 14.5. The van der Waals surface area contributed by atoms with Crippen LogP contribution in [0.25, 0.3) is 0 Å². The molecule has 1 amide bonds. The molecular formula is C19H31NO2. The average molecular weight is 305 g/mol. The highest BCUT2D eigenvalue weighted by atomic mass is 16.3. The number of amides is 1. The number of phenolic OH excluding ortho intramolecular Hbond substituents is 1. The predicted molar refractivity (Wildman–Crippen MR) is 93.4 cm³/mol. The number of unbranched alkanes of at least 4 members (excludes halogenated alkanes) is 5. The van der Waals surface area contributed by atoms with E-state index in [-0.39, 0.29) is 17.1 Å². The van der Waals surface area contributed by atoms with Crippen molar-refractivity contribution < 1.29 is 9.90 Å². The molecule has 22 heavy (non-hydrogen) atoms. The van der Waals surface area contributed by atoms with Gasteiger partial charge in [0.1, 0.15) is 5.75 Å². The molecule has 0 aliphatic rings. The number of nitrogens with one attached hydrogen (secondary N) is 1. The van der Waals surface area contributed by atoms with Gasteiger partial charge in [0, 0.05) is 17.7 Å². The maximum Gasteiger partial charge on any atom is 0.224 e. The van der Waals surface area contributed by atoms with Gasteiger partial charge in [-0.3, -0.25) is 4.79 Å². The van der Waals surface area contributed by atoms with E-state index in [4.69, 9.17) is 0 Å². The van der Waals surface area contributed by atoms with Crippen molar-refractivity contribution in [3.05, 3.63) is 23.8 Å². The Kier molecular flexibility index (Phi) is 7.43. The lowest BCUT2D eigenvalue weighted by Crippen LogP contribution is -2.14. The number of hydrogen-bond donors (Lipinski definition) is 2. The summed E-state index contributed by atoms with van der Waals surface area (Å²) in [5.41, 5.74) is 1.47. The summed E-state index contributed by atoms with van der Waals surface area (Å²) < 4.78 is 0. The molecule has 1 rings (SSSR count). The molecule has 124 valence electrons. The first-order valence-corrected chi connectivity index (χ1v) is 8.48. The first kappa shape index (κ1) is 18.5. The number of benzene rings is 1. The molecule has 0 spiro atoms. The summed E-state index contributed by atoms with van der Waals surface area (Å²) >= 11 is 0. The van der Waals surface area contributed by atoms with E-state index < -0.39 is 0 Å². The summed E-state index contributed by atoms with van der Waals surface area (Å²) in [6.45, 7) is 8.34. The van der Waals surface area contributed by atoms with E-state index in [9.17, 15) is 9.90 Å². The van der Waals surface area contributed by atoms with Crippen molar-refractivity contribution in [2.75, 3.05) is 5.32 Å². The lowest BCUT2D eigenvalue weighted by molar-refractivity contribution is -0.116. The Morgan fingerprint density at radius 3 is 2.36 bits per heavy atom. The van der Waals surface area contributed by atoms with Crippen molar-refractivity contribution in [3.8, 4) is 5.75 Å². The van der Waals surface area contributed by atoms with E-state index in [1.54, 1.807) is 12.1 Å². The third-order valence-electron chi connectivity index (χ3n) is 3.85. The molecule has 0 radical (unpaired) electrons. The summed E-state index contributed by atoms with van der Waals surface area (Å²) in [6.07, 6.45) is 7.65. The van der Waals surface area contributed by atoms with E-state index in [1.807, 2.05) is 26.8 Å². The van der Waals surface area contributed by atoms with E-state index in [2.05, 4.69) is 12.2 Å². The maximum absolute atomic E-state index is 12.0. The quantitative estimate of drug-likeness (QED) is 0.500. The Bertz CT molecular complexity index is 475. The molecule has 1 aromatic rings. The Labute approximate surface area is 135 Å². The molecule has 0 aliphatic carbocycles. The van der Waals surface area contributed by atoms with Crippen LogP contribution in [0, 0.1) is 0 Å². The van der Waals surface area contributed by atoms with Crippen LogP contribution in [0.15, 0.2) is 18.2 Å². The van der Waals surface area contributed by atoms with Crippen LogP contribution in [-0.4, -0.2) is 11.0 Å². The van der Waals surface area contributed by atoms with Gasteiger partial charge >= 0.3 is 0 Å². The lowest BCUT2D eigenvalue weighted by atomic mass is 9.86. The summed E-state index contributed by atoms with van der Waals surface area (Å²) in [5.74, 6) is 0.336. The van der Waals surface area contributed by atoms with Gasteiger partial charge < -0.3 is 10.4 Å². The van der Waals surface area contributed by atoms with Gasteiger partial charge in [0.05, 0.1) is 0 Å². The monoisotopic (exact) mass is 305 g/mol. The van der Waals surface area contributed by atoms with Crippen molar-refractivity contribution in [1.29, 1.82) is 0 Å². The minimum atomic E-state index is -0.149. The minimum Gasteiger partial charge on any atom is -0.508 e. The van der Waals surface area contributed by atoms with Crippen LogP contribution in [0.4, 0.5) is 5.69 Å². The van der Waals surface area contributed by atoms with Gasteiger partial charge in [-0.25, -0.2) is 0 Å². The predicted octanol–water partition coefficient (Wildman–Crippen LogP) is 5.38. The molecule has 0 fully saturated rings. The van der Waals surface area contributed by atoms with E-state index in [0.717, 1.165) is 24.1 Å². The Morgan fingerprint density at radius 1 is 1.09 bits per heavy atom. The van der Waals surface area contributed by atoms with Crippen molar-refractivity contribution in [3.63, 3.8) is 0 Å². The number of phenols is 1. The Morgan fingerprint density at radius 2 is 1.73 bits per heavy atom. The second kappa shape index (κ2) is 8.82. The molecule has 3 nitrogen and oxygen atoms in total. The fraction of sp³-hybridized carbons (Fsp3) is 0.632. The van der Waals surface area contributed by atoms with Crippen LogP contribution in [0.1, 0.15) is 78.2 Å². The van der Waals surface area contributed by atoms with Crippen molar-refractivity contribution >= 4 is 11.6 Å². The van der Waals surface area contributed by atoms with Crippen LogP contribution in [-0.2, 0) is 10.2 Å². The van der Waals surface area contributed by atoms with E-state index >= 15 is 0 Å². The Hall–Kier alpha value is -1.51. The van der Waals surface area contributed by atoms with Crippen LogP contribution in [0.3, 0.4) is 0 Å². The fourth-order valence-corrected chi connectivity index (χ4v) is 2.50. The molecule has 0 unspecified atom stereocenters. The third-order valence-corrected chi connectivity index (χ3v) is 3.85. The van der Waals surface area contributed by atoms with Gasteiger partial charge in [0.25, 0.3) is 0 Å². The standard InChI is InChI=1S/C19H31NO2/c1-5-6-7-8-9-10-11-18(22)20-15-12-13-17(21)16(14-15)19(2,3)4/h12-14,21H,5-11H2,1-4H3,(H,20,22). The van der Waals surface area contributed by atoms with E-state index in [0.29, 0.717) is 6.42 Å². The third kappa shape index (κ3) is 6.50. The molecule has 3 heteroatoms. The minimum absolute atomic E-state index is 0.0565. The topological polar surface area (TPSA) is 49.3 Å². The smallest absolute Gasteiger partial charge is 0.224 e. The van der Waals surface area contributed by atoms with Crippen LogP contribution in [0.2, 0.25) is 0 Å². The van der Waals surface area contributed by atoms with Gasteiger partial charge in [-0.05, 0) is 30.0 Å². The van der Waals surface area contributed by atoms with E-state index in [1.165, 1.54) is 25.7 Å². The number of carbonyl (C=O) groups excluding carboxylic acids is 1. The molecule has 0 atom stereocenters. The molecule has 2 N–H and O–H groups in total. The number of carbonyl (C=O) groups is 1. The van der Waals surface area contributed by atoms with Crippen molar-refractivity contribution in [2.24, 2.45) is 0 Å². The highest BCUT2D eigenvalue weighted by Gasteiger charge is 2.18. The highest BCUT2D eigenvalue weighted by Crippen LogP contribution is 2.32. The SMILES string of the molecule is CCCCCCCCC(=O)Nc1ccc(O)c(C(C)(C)C)c1. The molecule has 0 aliphatic heterocycles. The molecule has 0 saturated carbocycles. The average Bonchev–Trinajstić information content (AvgIpc) is 2.43. The second-order valence-corrected chi connectivity index (χ2v) is 7.05. The number of rotatable bonds is 8. The molecule has 0 heterocycles. The van der Waals surface area contributed by atoms with Crippen LogP contribution >= 0.6 is 0 Å². The lowest BCUT2D eigenvalue weighted by Gasteiger charge is -2.21. The van der Waals surface area contributed by atoms with Gasteiger partial charge in [-0.2, -0.15) is 0 Å². The van der Waals surface area contributed by atoms with Gasteiger partial charge in [0.15, 0.2) is 0 Å². The maximum atomic E-state index is 12.0. The van der Waals surface area contributed by atoms with Crippen molar-refractivity contribution in [2.45, 2.75) is 78.1 Å². The zero-order valence-corrected chi connectivity index (χ0v) is 14.5. The highest BCUT2D eigenvalue weighted by molar-refractivity contribution is 5.90. The zero-order chi connectivity index (χ0) is 16.6. The molecule has 0 saturated heterocycles. The van der Waals surface area contributed by atoms with Crippen LogP contribution < -0.4 is 5.32 Å². The normalized spacial score (nSPS) is 11.5. The largest absolute Gasteiger partial charge is 0.508 e. The molecular weight excluding hydrogens is 274 g/mol. The number of anilines is 1. The summed E-state index contributed by atoms with van der Waals surface area (Å²) in [5, 5.41) is 12.9. The second-order valence-electron chi connectivity index (χ2n) is 7.05.